The summed E-state index contributed by atoms with van der Waals surface area (Å²) >= 11 is 1.37. The maximum absolute atomic E-state index is 11.5. The van der Waals surface area contributed by atoms with Crippen molar-refractivity contribution in [2.75, 3.05) is 12.3 Å². The molecule has 0 amide bonds. The van der Waals surface area contributed by atoms with E-state index in [4.69, 9.17) is 10.5 Å². The molecule has 5 heteroatoms. The summed E-state index contributed by atoms with van der Waals surface area (Å²) in [7, 11) is 0. The average molecular weight is 248 g/mol. The number of nitrogens with two attached hydrogens (primary N) is 1. The Morgan fingerprint density at radius 2 is 2.29 bits per heavy atom. The highest BCUT2D eigenvalue weighted by Gasteiger charge is 2.12. The number of nitrogen functional groups attached to an aromatic ring is 1. The van der Waals surface area contributed by atoms with Crippen molar-refractivity contribution in [2.45, 2.75) is 6.92 Å². The minimum atomic E-state index is -0.295. The van der Waals surface area contributed by atoms with Gasteiger partial charge < -0.3 is 10.5 Å². The molecule has 0 unspecified atom stereocenters. The van der Waals surface area contributed by atoms with Crippen molar-refractivity contribution in [1.29, 1.82) is 0 Å². The topological polar surface area (TPSA) is 65.2 Å². The number of carbonyl (C=O) groups is 1. The van der Waals surface area contributed by atoms with Crippen LogP contribution in [0.5, 0.6) is 0 Å². The first-order chi connectivity index (χ1) is 8.22. The van der Waals surface area contributed by atoms with Crippen molar-refractivity contribution >= 4 is 23.0 Å². The first-order valence-electron chi connectivity index (χ1n) is 5.19. The molecule has 88 valence electrons. The van der Waals surface area contributed by atoms with Gasteiger partial charge in [0.1, 0.15) is 4.88 Å². The van der Waals surface area contributed by atoms with Crippen LogP contribution in [-0.2, 0) is 4.74 Å². The van der Waals surface area contributed by atoms with Gasteiger partial charge in [0.25, 0.3) is 0 Å². The van der Waals surface area contributed by atoms with E-state index in [1.54, 1.807) is 25.4 Å². The number of ether oxygens (including phenoxy) is 1. The number of esters is 1. The van der Waals surface area contributed by atoms with Crippen LogP contribution in [-0.4, -0.2) is 17.6 Å². The fourth-order valence-corrected chi connectivity index (χ4v) is 2.37. The molecular formula is C12H12N2O2S. The third-order valence-corrected chi connectivity index (χ3v) is 3.30. The highest BCUT2D eigenvalue weighted by atomic mass is 32.1. The van der Waals surface area contributed by atoms with Crippen molar-refractivity contribution < 1.29 is 9.53 Å². The SMILES string of the molecule is CCOC(=O)c1ccc(-c2ccncc2N)s1. The van der Waals surface area contributed by atoms with Crippen LogP contribution in [0.3, 0.4) is 0 Å². The van der Waals surface area contributed by atoms with E-state index in [-0.39, 0.29) is 5.97 Å². The molecule has 0 saturated carbocycles. The van der Waals surface area contributed by atoms with Gasteiger partial charge in [-0.2, -0.15) is 0 Å². The molecule has 17 heavy (non-hydrogen) atoms. The molecule has 0 atom stereocenters. The minimum Gasteiger partial charge on any atom is -0.462 e. The molecule has 2 rings (SSSR count). The van der Waals surface area contributed by atoms with Gasteiger partial charge >= 0.3 is 5.97 Å². The molecule has 0 fully saturated rings. The molecule has 2 heterocycles. The number of anilines is 1. The Labute approximate surface area is 103 Å². The van der Waals surface area contributed by atoms with E-state index >= 15 is 0 Å². The molecule has 0 aliphatic rings. The summed E-state index contributed by atoms with van der Waals surface area (Å²) in [5.74, 6) is -0.295. The zero-order valence-electron chi connectivity index (χ0n) is 9.34. The van der Waals surface area contributed by atoms with Crippen LogP contribution in [0.4, 0.5) is 5.69 Å². The highest BCUT2D eigenvalue weighted by Crippen LogP contribution is 2.31. The predicted molar refractivity (Wildman–Crippen MR) is 67.9 cm³/mol. The van der Waals surface area contributed by atoms with E-state index in [9.17, 15) is 4.79 Å². The van der Waals surface area contributed by atoms with Crippen LogP contribution in [0.2, 0.25) is 0 Å². The fourth-order valence-electron chi connectivity index (χ4n) is 1.43. The van der Waals surface area contributed by atoms with Crippen LogP contribution in [0.1, 0.15) is 16.6 Å². The first kappa shape index (κ1) is 11.6. The number of carbonyl (C=O) groups excluding carboxylic acids is 1. The number of pyridine rings is 1. The Kier molecular flexibility index (Phi) is 3.39. The Morgan fingerprint density at radius 3 is 3.00 bits per heavy atom. The number of rotatable bonds is 3. The second kappa shape index (κ2) is 4.97. The van der Waals surface area contributed by atoms with Gasteiger partial charge in [0.05, 0.1) is 18.5 Å². The summed E-state index contributed by atoms with van der Waals surface area (Å²) in [5.41, 5.74) is 7.32. The van der Waals surface area contributed by atoms with Crippen molar-refractivity contribution in [2.24, 2.45) is 0 Å². The lowest BCUT2D eigenvalue weighted by Gasteiger charge is -2.00. The zero-order chi connectivity index (χ0) is 12.3. The monoisotopic (exact) mass is 248 g/mol. The molecule has 0 saturated heterocycles. The first-order valence-corrected chi connectivity index (χ1v) is 6.01. The van der Waals surface area contributed by atoms with Crippen LogP contribution in [0, 0.1) is 0 Å². The van der Waals surface area contributed by atoms with Gasteiger partial charge in [0.15, 0.2) is 0 Å². The lowest BCUT2D eigenvalue weighted by atomic mass is 10.2. The van der Waals surface area contributed by atoms with Crippen molar-refractivity contribution in [1.82, 2.24) is 4.98 Å². The van der Waals surface area contributed by atoms with Gasteiger partial charge in [-0.15, -0.1) is 11.3 Å². The Hall–Kier alpha value is -1.88. The third-order valence-electron chi connectivity index (χ3n) is 2.20. The minimum absolute atomic E-state index is 0.295. The summed E-state index contributed by atoms with van der Waals surface area (Å²) in [5, 5.41) is 0. The van der Waals surface area contributed by atoms with Gasteiger partial charge in [-0.3, -0.25) is 4.98 Å². The normalized spacial score (nSPS) is 10.2. The Balaban J connectivity index is 2.30. The maximum atomic E-state index is 11.5. The lowest BCUT2D eigenvalue weighted by Crippen LogP contribution is -2.01. The smallest absolute Gasteiger partial charge is 0.348 e. The average Bonchev–Trinajstić information content (AvgIpc) is 2.79. The predicted octanol–water partition coefficient (Wildman–Crippen LogP) is 2.57. The van der Waals surface area contributed by atoms with Gasteiger partial charge in [-0.05, 0) is 25.1 Å². The number of hydrogen-bond donors (Lipinski definition) is 1. The summed E-state index contributed by atoms with van der Waals surface area (Å²) in [4.78, 5) is 17.0. The second-order valence-corrected chi connectivity index (χ2v) is 4.43. The van der Waals surface area contributed by atoms with Crippen LogP contribution in [0.15, 0.2) is 30.6 Å². The molecule has 0 aliphatic heterocycles. The molecule has 0 radical (unpaired) electrons. The molecule has 0 bridgehead atoms. The summed E-state index contributed by atoms with van der Waals surface area (Å²) in [6, 6.07) is 5.44. The standard InChI is InChI=1S/C12H12N2O2S/c1-2-16-12(15)11-4-3-10(17-11)8-5-6-14-7-9(8)13/h3-7H,2,13H2,1H3. The van der Waals surface area contributed by atoms with Crippen molar-refractivity contribution in [3.05, 3.63) is 35.5 Å². The Morgan fingerprint density at radius 1 is 1.47 bits per heavy atom. The third kappa shape index (κ3) is 2.45. The highest BCUT2D eigenvalue weighted by molar-refractivity contribution is 7.17. The zero-order valence-corrected chi connectivity index (χ0v) is 10.2. The van der Waals surface area contributed by atoms with Crippen LogP contribution < -0.4 is 5.73 Å². The second-order valence-electron chi connectivity index (χ2n) is 3.35. The molecule has 2 aromatic rings. The van der Waals surface area contributed by atoms with Crippen molar-refractivity contribution in [3.63, 3.8) is 0 Å². The summed E-state index contributed by atoms with van der Waals surface area (Å²) in [6.07, 6.45) is 3.27. The fraction of sp³-hybridized carbons (Fsp3) is 0.167. The van der Waals surface area contributed by atoms with Crippen LogP contribution in [0.25, 0.3) is 10.4 Å². The molecule has 2 N–H and O–H groups in total. The largest absolute Gasteiger partial charge is 0.462 e. The van der Waals surface area contributed by atoms with E-state index in [0.717, 1.165) is 10.4 Å². The quantitative estimate of drug-likeness (QED) is 0.848. The van der Waals surface area contributed by atoms with E-state index in [1.807, 2.05) is 12.1 Å². The molecule has 0 aliphatic carbocycles. The number of aromatic nitrogens is 1. The van der Waals surface area contributed by atoms with E-state index < -0.39 is 0 Å². The summed E-state index contributed by atoms with van der Waals surface area (Å²) in [6.45, 7) is 2.16. The van der Waals surface area contributed by atoms with E-state index in [1.165, 1.54) is 11.3 Å². The van der Waals surface area contributed by atoms with Crippen molar-refractivity contribution in [3.8, 4) is 10.4 Å². The van der Waals surface area contributed by atoms with Gasteiger partial charge in [-0.1, -0.05) is 0 Å². The van der Waals surface area contributed by atoms with E-state index in [2.05, 4.69) is 4.98 Å². The molecule has 0 spiro atoms. The van der Waals surface area contributed by atoms with Gasteiger partial charge in [0.2, 0.25) is 0 Å². The molecule has 2 aromatic heterocycles. The molecular weight excluding hydrogens is 236 g/mol. The van der Waals surface area contributed by atoms with Gasteiger partial charge in [0, 0.05) is 16.6 Å². The number of thiophene rings is 1. The molecule has 4 nitrogen and oxygen atoms in total. The number of nitrogens with zero attached hydrogens (tertiary/aromatic N) is 1. The maximum Gasteiger partial charge on any atom is 0.348 e. The molecule has 0 aromatic carbocycles. The van der Waals surface area contributed by atoms with E-state index in [0.29, 0.717) is 17.2 Å². The lowest BCUT2D eigenvalue weighted by molar-refractivity contribution is 0.0532. The van der Waals surface area contributed by atoms with Gasteiger partial charge in [-0.25, -0.2) is 4.79 Å². The summed E-state index contributed by atoms with van der Waals surface area (Å²) < 4.78 is 4.94. The Bertz CT molecular complexity index is 537. The van der Waals surface area contributed by atoms with Crippen LogP contribution >= 0.6 is 11.3 Å². The number of hydrogen-bond acceptors (Lipinski definition) is 5.